The fraction of sp³-hybridized carbons (Fsp3) is 0.0588. The van der Waals surface area contributed by atoms with Gasteiger partial charge in [-0.25, -0.2) is 4.98 Å². The predicted molar refractivity (Wildman–Crippen MR) is 80.5 cm³/mol. The number of oxazole rings is 1. The van der Waals surface area contributed by atoms with Gasteiger partial charge in [0.25, 0.3) is 0 Å². The highest BCUT2D eigenvalue weighted by Crippen LogP contribution is 2.25. The van der Waals surface area contributed by atoms with Gasteiger partial charge >= 0.3 is 0 Å². The summed E-state index contributed by atoms with van der Waals surface area (Å²) in [6, 6.07) is 17.0. The van der Waals surface area contributed by atoms with Gasteiger partial charge in [0.1, 0.15) is 22.9 Å². The molecule has 0 radical (unpaired) electrons. The van der Waals surface area contributed by atoms with Gasteiger partial charge in [0.15, 0.2) is 5.58 Å². The molecule has 3 rings (SSSR count). The van der Waals surface area contributed by atoms with Crippen molar-refractivity contribution in [2.24, 2.45) is 0 Å². The summed E-state index contributed by atoms with van der Waals surface area (Å²) in [5, 5.41) is 9.37. The molecule has 1 heterocycles. The van der Waals surface area contributed by atoms with Crippen molar-refractivity contribution in [2.75, 3.05) is 7.11 Å². The smallest absolute Gasteiger partial charge is 0.238 e. The second-order valence-electron chi connectivity index (χ2n) is 4.40. The Morgan fingerprint density at radius 1 is 1.19 bits per heavy atom. The Hall–Kier alpha value is -3.06. The van der Waals surface area contributed by atoms with E-state index in [2.05, 4.69) is 11.1 Å². The van der Waals surface area contributed by atoms with Crippen LogP contribution in [-0.2, 0) is 0 Å². The molecule has 0 saturated heterocycles. The monoisotopic (exact) mass is 276 g/mol. The number of hydrogen-bond donors (Lipinski definition) is 0. The summed E-state index contributed by atoms with van der Waals surface area (Å²) in [7, 11) is 1.60. The predicted octanol–water partition coefficient (Wildman–Crippen LogP) is 3.90. The molecule has 21 heavy (non-hydrogen) atoms. The number of nitriles is 1. The lowest BCUT2D eigenvalue weighted by atomic mass is 10.1. The van der Waals surface area contributed by atoms with Gasteiger partial charge in [-0.3, -0.25) is 0 Å². The van der Waals surface area contributed by atoms with Crippen LogP contribution in [0.4, 0.5) is 0 Å². The molecule has 0 amide bonds. The fourth-order valence-electron chi connectivity index (χ4n) is 2.07. The fourth-order valence-corrected chi connectivity index (χ4v) is 2.07. The second kappa shape index (κ2) is 5.51. The number of benzene rings is 2. The van der Waals surface area contributed by atoms with Gasteiger partial charge in [0.2, 0.25) is 5.89 Å². The Morgan fingerprint density at radius 3 is 2.71 bits per heavy atom. The maximum atomic E-state index is 9.37. The van der Waals surface area contributed by atoms with Crippen LogP contribution in [0.2, 0.25) is 0 Å². The third-order valence-electron chi connectivity index (χ3n) is 3.08. The lowest BCUT2D eigenvalue weighted by Crippen LogP contribution is -1.87. The molecule has 0 N–H and O–H groups in total. The van der Waals surface area contributed by atoms with Crippen LogP contribution in [0.15, 0.2) is 52.9 Å². The van der Waals surface area contributed by atoms with Crippen LogP contribution in [0.1, 0.15) is 11.5 Å². The highest BCUT2D eigenvalue weighted by atomic mass is 16.5. The largest absolute Gasteiger partial charge is 0.496 e. The number of aromatic nitrogens is 1. The second-order valence-corrected chi connectivity index (χ2v) is 4.40. The Bertz CT molecular complexity index is 823. The zero-order valence-electron chi connectivity index (χ0n) is 11.4. The normalized spacial score (nSPS) is 11.3. The number of hydrogen-bond acceptors (Lipinski definition) is 4. The molecule has 3 aromatic rings. The van der Waals surface area contributed by atoms with Crippen LogP contribution >= 0.6 is 0 Å². The van der Waals surface area contributed by atoms with E-state index in [0.29, 0.717) is 22.8 Å². The molecular formula is C17H12N2O2. The van der Waals surface area contributed by atoms with Gasteiger partial charge in [0, 0.05) is 5.56 Å². The van der Waals surface area contributed by atoms with Gasteiger partial charge in [0.05, 0.1) is 7.11 Å². The standard InChI is InChI=1S/C17H12N2O2/c1-20-15-8-4-2-6-12(15)10-13(11-18)17-19-14-7-3-5-9-16(14)21-17/h2-10H,1H3/b13-10+. The Labute approximate surface area is 121 Å². The Balaban J connectivity index is 2.09. The highest BCUT2D eigenvalue weighted by molar-refractivity contribution is 5.89. The molecule has 2 aromatic carbocycles. The van der Waals surface area contributed by atoms with E-state index in [1.165, 1.54) is 0 Å². The Kier molecular flexibility index (Phi) is 3.40. The lowest BCUT2D eigenvalue weighted by Gasteiger charge is -2.03. The van der Waals surface area contributed by atoms with Crippen LogP contribution in [0.25, 0.3) is 22.7 Å². The summed E-state index contributed by atoms with van der Waals surface area (Å²) in [5.74, 6) is 1.01. The van der Waals surface area contributed by atoms with Crippen molar-refractivity contribution in [1.82, 2.24) is 4.98 Å². The van der Waals surface area contributed by atoms with Crippen LogP contribution in [0, 0.1) is 11.3 Å². The lowest BCUT2D eigenvalue weighted by molar-refractivity contribution is 0.414. The van der Waals surface area contributed by atoms with E-state index < -0.39 is 0 Å². The van der Waals surface area contributed by atoms with Crippen LogP contribution < -0.4 is 4.74 Å². The van der Waals surface area contributed by atoms with Gasteiger partial charge in [-0.05, 0) is 24.3 Å². The first kappa shape index (κ1) is 12.9. The van der Waals surface area contributed by atoms with Crippen molar-refractivity contribution in [2.45, 2.75) is 0 Å². The van der Waals surface area contributed by atoms with Crippen molar-refractivity contribution in [3.63, 3.8) is 0 Å². The molecule has 4 heteroatoms. The molecule has 4 nitrogen and oxygen atoms in total. The first-order valence-electron chi connectivity index (χ1n) is 6.42. The molecule has 0 fully saturated rings. The molecule has 0 saturated carbocycles. The van der Waals surface area contributed by atoms with E-state index in [9.17, 15) is 5.26 Å². The number of ether oxygens (including phenoxy) is 1. The molecular weight excluding hydrogens is 264 g/mol. The number of allylic oxidation sites excluding steroid dienone is 1. The molecule has 0 atom stereocenters. The molecule has 0 spiro atoms. The minimum absolute atomic E-state index is 0.310. The van der Waals surface area contributed by atoms with Gasteiger partial charge in [-0.15, -0.1) is 0 Å². The molecule has 0 aliphatic rings. The highest BCUT2D eigenvalue weighted by Gasteiger charge is 2.11. The number of fused-ring (bicyclic) bond motifs is 1. The zero-order chi connectivity index (χ0) is 14.7. The quantitative estimate of drug-likeness (QED) is 0.681. The van der Waals surface area contributed by atoms with E-state index in [1.807, 2.05) is 48.5 Å². The summed E-state index contributed by atoms with van der Waals surface area (Å²) in [5.41, 5.74) is 2.55. The van der Waals surface area contributed by atoms with Crippen molar-refractivity contribution in [3.05, 3.63) is 60.0 Å². The topological polar surface area (TPSA) is 59.0 Å². The van der Waals surface area contributed by atoms with Gasteiger partial charge < -0.3 is 9.15 Å². The number of para-hydroxylation sites is 3. The minimum atomic E-state index is 0.310. The first-order valence-corrected chi connectivity index (χ1v) is 6.42. The minimum Gasteiger partial charge on any atom is -0.496 e. The summed E-state index contributed by atoms with van der Waals surface area (Å²) >= 11 is 0. The van der Waals surface area contributed by atoms with E-state index in [0.717, 1.165) is 11.1 Å². The van der Waals surface area contributed by atoms with Crippen LogP contribution in [0.5, 0.6) is 5.75 Å². The zero-order valence-corrected chi connectivity index (χ0v) is 11.4. The molecule has 1 aromatic heterocycles. The summed E-state index contributed by atoms with van der Waals surface area (Å²) in [4.78, 5) is 4.34. The molecule has 0 bridgehead atoms. The van der Waals surface area contributed by atoms with Crippen molar-refractivity contribution in [3.8, 4) is 11.8 Å². The van der Waals surface area contributed by atoms with Crippen molar-refractivity contribution < 1.29 is 9.15 Å². The van der Waals surface area contributed by atoms with Gasteiger partial charge in [-0.1, -0.05) is 30.3 Å². The van der Waals surface area contributed by atoms with E-state index >= 15 is 0 Å². The van der Waals surface area contributed by atoms with Gasteiger partial charge in [-0.2, -0.15) is 5.26 Å². The van der Waals surface area contributed by atoms with E-state index in [-0.39, 0.29) is 0 Å². The summed E-state index contributed by atoms with van der Waals surface area (Å²) < 4.78 is 10.9. The van der Waals surface area contributed by atoms with E-state index in [1.54, 1.807) is 13.2 Å². The molecule has 0 aliphatic carbocycles. The summed E-state index contributed by atoms with van der Waals surface area (Å²) in [6.07, 6.45) is 1.71. The van der Waals surface area contributed by atoms with Crippen LogP contribution in [-0.4, -0.2) is 12.1 Å². The average Bonchev–Trinajstić information content (AvgIpc) is 2.96. The SMILES string of the molecule is COc1ccccc1/C=C(\C#N)c1nc2ccccc2o1. The first-order chi connectivity index (χ1) is 10.3. The molecule has 102 valence electrons. The number of methoxy groups -OCH3 is 1. The van der Waals surface area contributed by atoms with Crippen molar-refractivity contribution in [1.29, 1.82) is 5.26 Å². The average molecular weight is 276 g/mol. The molecule has 0 aliphatic heterocycles. The number of rotatable bonds is 3. The van der Waals surface area contributed by atoms with Crippen molar-refractivity contribution >= 4 is 22.7 Å². The van der Waals surface area contributed by atoms with E-state index in [4.69, 9.17) is 9.15 Å². The maximum Gasteiger partial charge on any atom is 0.238 e. The maximum absolute atomic E-state index is 9.37. The Morgan fingerprint density at radius 2 is 1.95 bits per heavy atom. The third kappa shape index (κ3) is 2.49. The molecule has 0 unspecified atom stereocenters. The number of nitrogens with zero attached hydrogens (tertiary/aromatic N) is 2. The third-order valence-corrected chi connectivity index (χ3v) is 3.08. The van der Waals surface area contributed by atoms with Crippen LogP contribution in [0.3, 0.4) is 0 Å². The summed E-state index contributed by atoms with van der Waals surface area (Å²) in [6.45, 7) is 0.